The minimum Gasteiger partial charge on any atom is -0.444 e. The largest absolute Gasteiger partial charge is 0.444 e. The zero-order valence-corrected chi connectivity index (χ0v) is 14.9. The number of carbonyl (C=O) groups excluding carboxylic acids is 2. The number of aromatic nitrogens is 2. The third kappa shape index (κ3) is 4.37. The maximum atomic E-state index is 12.3. The fourth-order valence-corrected chi connectivity index (χ4v) is 2.95. The van der Waals surface area contributed by atoms with Crippen LogP contribution in [0.4, 0.5) is 10.7 Å². The van der Waals surface area contributed by atoms with Crippen LogP contribution in [-0.2, 0) is 9.53 Å². The molecule has 25 heavy (non-hydrogen) atoms. The van der Waals surface area contributed by atoms with E-state index < -0.39 is 5.60 Å². The summed E-state index contributed by atoms with van der Waals surface area (Å²) in [6.07, 6.45) is 3.94. The van der Waals surface area contributed by atoms with E-state index in [0.717, 1.165) is 13.0 Å². The van der Waals surface area contributed by atoms with Crippen molar-refractivity contribution in [2.75, 3.05) is 31.1 Å². The van der Waals surface area contributed by atoms with E-state index in [-0.39, 0.29) is 24.0 Å². The first-order valence-corrected chi connectivity index (χ1v) is 8.62. The standard InChI is InChI=1S/C17H25N5O3/c1-17(2,3)25-16(24)22-9-12(10-22)14(23)20-13-5-8-21(11-13)15-18-6-4-7-19-15/h4,6-7,12-13H,5,8-11H2,1-3H3,(H,20,23)/t13-/m0/s1. The summed E-state index contributed by atoms with van der Waals surface area (Å²) in [4.78, 5) is 36.4. The lowest BCUT2D eigenvalue weighted by Crippen LogP contribution is -2.57. The highest BCUT2D eigenvalue weighted by Crippen LogP contribution is 2.21. The Labute approximate surface area is 147 Å². The normalized spacial score (nSPS) is 21.0. The van der Waals surface area contributed by atoms with Gasteiger partial charge in [-0.25, -0.2) is 14.8 Å². The molecule has 3 rings (SSSR count). The van der Waals surface area contributed by atoms with E-state index >= 15 is 0 Å². The van der Waals surface area contributed by atoms with Gasteiger partial charge in [0.15, 0.2) is 0 Å². The lowest BCUT2D eigenvalue weighted by Gasteiger charge is -2.39. The Morgan fingerprint density at radius 2 is 1.88 bits per heavy atom. The SMILES string of the molecule is CC(C)(C)OC(=O)N1CC(C(=O)N[C@H]2CCN(c3ncccn3)C2)C1. The first kappa shape index (κ1) is 17.4. The summed E-state index contributed by atoms with van der Waals surface area (Å²) in [5.74, 6) is 0.536. The van der Waals surface area contributed by atoms with Gasteiger partial charge in [-0.3, -0.25) is 4.79 Å². The van der Waals surface area contributed by atoms with E-state index in [0.29, 0.717) is 25.6 Å². The van der Waals surface area contributed by atoms with Gasteiger partial charge in [0.25, 0.3) is 0 Å². The first-order chi connectivity index (χ1) is 11.8. The summed E-state index contributed by atoms with van der Waals surface area (Å²) < 4.78 is 5.30. The number of hydrogen-bond donors (Lipinski definition) is 1. The molecule has 136 valence electrons. The highest BCUT2D eigenvalue weighted by atomic mass is 16.6. The molecule has 0 bridgehead atoms. The molecule has 2 amide bonds. The van der Waals surface area contributed by atoms with Crippen LogP contribution in [0, 0.1) is 5.92 Å². The molecule has 8 heteroatoms. The maximum absolute atomic E-state index is 12.3. The molecule has 1 aromatic rings. The molecule has 1 atom stereocenters. The monoisotopic (exact) mass is 347 g/mol. The van der Waals surface area contributed by atoms with E-state index in [4.69, 9.17) is 4.74 Å². The Morgan fingerprint density at radius 1 is 1.20 bits per heavy atom. The summed E-state index contributed by atoms with van der Waals surface area (Å²) >= 11 is 0. The molecule has 8 nitrogen and oxygen atoms in total. The van der Waals surface area contributed by atoms with Crippen molar-refractivity contribution in [3.63, 3.8) is 0 Å². The molecule has 2 saturated heterocycles. The Bertz CT molecular complexity index is 625. The molecule has 0 aromatic carbocycles. The number of nitrogens with one attached hydrogen (secondary N) is 1. The number of rotatable bonds is 3. The second kappa shape index (κ2) is 6.85. The average Bonchev–Trinajstić information content (AvgIpc) is 2.93. The van der Waals surface area contributed by atoms with E-state index in [1.807, 2.05) is 20.8 Å². The number of carbonyl (C=O) groups is 2. The minimum atomic E-state index is -0.517. The zero-order chi connectivity index (χ0) is 18.0. The van der Waals surface area contributed by atoms with E-state index in [9.17, 15) is 9.59 Å². The molecule has 3 heterocycles. The summed E-state index contributed by atoms with van der Waals surface area (Å²) in [6.45, 7) is 7.85. The number of likely N-dealkylation sites (tertiary alicyclic amines) is 1. The van der Waals surface area contributed by atoms with E-state index in [2.05, 4.69) is 20.2 Å². The summed E-state index contributed by atoms with van der Waals surface area (Å²) in [6, 6.07) is 1.87. The number of nitrogens with zero attached hydrogens (tertiary/aromatic N) is 4. The Morgan fingerprint density at radius 3 is 2.52 bits per heavy atom. The van der Waals surface area contributed by atoms with Gasteiger partial charge in [-0.1, -0.05) is 0 Å². The van der Waals surface area contributed by atoms with Crippen molar-refractivity contribution in [2.45, 2.75) is 38.8 Å². The van der Waals surface area contributed by atoms with Gasteiger partial charge >= 0.3 is 6.09 Å². The molecule has 0 unspecified atom stereocenters. The van der Waals surface area contributed by atoms with Crippen molar-refractivity contribution >= 4 is 17.9 Å². The molecule has 0 radical (unpaired) electrons. The zero-order valence-electron chi connectivity index (χ0n) is 14.9. The van der Waals surface area contributed by atoms with Crippen molar-refractivity contribution in [3.05, 3.63) is 18.5 Å². The second-order valence-corrected chi connectivity index (χ2v) is 7.57. The van der Waals surface area contributed by atoms with Gasteiger partial charge in [-0.05, 0) is 33.3 Å². The smallest absolute Gasteiger partial charge is 0.410 e. The van der Waals surface area contributed by atoms with Gasteiger partial charge in [0.2, 0.25) is 11.9 Å². The van der Waals surface area contributed by atoms with Crippen molar-refractivity contribution in [2.24, 2.45) is 5.92 Å². The highest BCUT2D eigenvalue weighted by Gasteiger charge is 2.39. The first-order valence-electron chi connectivity index (χ1n) is 8.62. The number of anilines is 1. The van der Waals surface area contributed by atoms with Crippen LogP contribution < -0.4 is 10.2 Å². The van der Waals surface area contributed by atoms with Crippen LogP contribution in [0.5, 0.6) is 0 Å². The summed E-state index contributed by atoms with van der Waals surface area (Å²) in [5.41, 5.74) is -0.517. The van der Waals surface area contributed by atoms with Crippen molar-refractivity contribution in [1.29, 1.82) is 0 Å². The third-order valence-corrected chi connectivity index (χ3v) is 4.27. The van der Waals surface area contributed by atoms with E-state index in [1.165, 1.54) is 0 Å². The number of ether oxygens (including phenoxy) is 1. The molecular formula is C17H25N5O3. The topological polar surface area (TPSA) is 87.7 Å². The summed E-state index contributed by atoms with van der Waals surface area (Å²) in [7, 11) is 0. The van der Waals surface area contributed by atoms with Gasteiger partial charge < -0.3 is 19.9 Å². The Balaban J connectivity index is 1.42. The van der Waals surface area contributed by atoms with Crippen LogP contribution in [0.2, 0.25) is 0 Å². The van der Waals surface area contributed by atoms with Crippen molar-refractivity contribution in [1.82, 2.24) is 20.2 Å². The minimum absolute atomic E-state index is 0.000591. The second-order valence-electron chi connectivity index (χ2n) is 7.57. The highest BCUT2D eigenvalue weighted by molar-refractivity contribution is 5.83. The van der Waals surface area contributed by atoms with Crippen LogP contribution in [0.1, 0.15) is 27.2 Å². The lowest BCUT2D eigenvalue weighted by molar-refractivity contribution is -0.130. The van der Waals surface area contributed by atoms with Gasteiger partial charge in [0.1, 0.15) is 5.60 Å². The van der Waals surface area contributed by atoms with Gasteiger partial charge in [0.05, 0.1) is 5.92 Å². The molecule has 0 aliphatic carbocycles. The van der Waals surface area contributed by atoms with Gasteiger partial charge in [0, 0.05) is 44.6 Å². The van der Waals surface area contributed by atoms with Crippen LogP contribution >= 0.6 is 0 Å². The van der Waals surface area contributed by atoms with Crippen molar-refractivity contribution in [3.8, 4) is 0 Å². The Kier molecular flexibility index (Phi) is 4.78. The summed E-state index contributed by atoms with van der Waals surface area (Å²) in [5, 5.41) is 3.07. The molecule has 1 N–H and O–H groups in total. The van der Waals surface area contributed by atoms with Gasteiger partial charge in [-0.2, -0.15) is 0 Å². The number of amides is 2. The molecule has 1 aromatic heterocycles. The lowest BCUT2D eigenvalue weighted by atomic mass is 9.99. The predicted molar refractivity (Wildman–Crippen MR) is 92.1 cm³/mol. The molecule has 2 fully saturated rings. The van der Waals surface area contributed by atoms with Crippen LogP contribution in [0.25, 0.3) is 0 Å². The quantitative estimate of drug-likeness (QED) is 0.879. The van der Waals surface area contributed by atoms with E-state index in [1.54, 1.807) is 23.4 Å². The predicted octanol–water partition coefficient (Wildman–Crippen LogP) is 1.04. The molecule has 0 spiro atoms. The average molecular weight is 347 g/mol. The fraction of sp³-hybridized carbons (Fsp3) is 0.647. The van der Waals surface area contributed by atoms with Gasteiger partial charge in [-0.15, -0.1) is 0 Å². The van der Waals surface area contributed by atoms with Crippen molar-refractivity contribution < 1.29 is 14.3 Å². The Hall–Kier alpha value is -2.38. The fourth-order valence-electron chi connectivity index (χ4n) is 2.95. The molecular weight excluding hydrogens is 322 g/mol. The molecule has 0 saturated carbocycles. The molecule has 2 aliphatic heterocycles. The van der Waals surface area contributed by atoms with Crippen LogP contribution in [0.3, 0.4) is 0 Å². The maximum Gasteiger partial charge on any atom is 0.410 e. The molecule has 2 aliphatic rings. The third-order valence-electron chi connectivity index (χ3n) is 4.27. The number of hydrogen-bond acceptors (Lipinski definition) is 6. The van der Waals surface area contributed by atoms with Crippen LogP contribution in [-0.4, -0.2) is 64.7 Å². The van der Waals surface area contributed by atoms with Crippen LogP contribution in [0.15, 0.2) is 18.5 Å².